The predicted octanol–water partition coefficient (Wildman–Crippen LogP) is 3.81. The zero-order valence-corrected chi connectivity index (χ0v) is 11.1. The second-order valence-electron chi connectivity index (χ2n) is 4.31. The number of aromatic nitrogens is 3. The van der Waals surface area contributed by atoms with Crippen molar-refractivity contribution in [2.24, 2.45) is 0 Å². The molecule has 0 aliphatic carbocycles. The van der Waals surface area contributed by atoms with Crippen LogP contribution in [-0.2, 0) is 0 Å². The van der Waals surface area contributed by atoms with Crippen LogP contribution in [0, 0.1) is 29.1 Å². The van der Waals surface area contributed by atoms with E-state index in [0.29, 0.717) is 17.2 Å². The number of nitrogens with zero attached hydrogens (tertiary/aromatic N) is 2. The average molecular weight is 295 g/mol. The highest BCUT2D eigenvalue weighted by atomic mass is 32.1. The number of aryl methyl sites for hydroxylation is 1. The fourth-order valence-electron chi connectivity index (χ4n) is 2.06. The van der Waals surface area contributed by atoms with Crippen molar-refractivity contribution in [2.45, 2.75) is 6.92 Å². The second kappa shape index (κ2) is 4.45. The number of rotatable bonds is 1. The summed E-state index contributed by atoms with van der Waals surface area (Å²) in [7, 11) is 0. The molecule has 3 aromatic rings. The first-order valence-electron chi connectivity index (χ1n) is 5.70. The second-order valence-corrected chi connectivity index (χ2v) is 4.70. The Hall–Kier alpha value is -2.15. The van der Waals surface area contributed by atoms with Crippen molar-refractivity contribution in [3.05, 3.63) is 52.2 Å². The van der Waals surface area contributed by atoms with E-state index in [1.807, 2.05) is 6.92 Å². The molecule has 0 bridgehead atoms. The standard InChI is InChI=1S/C13H8F3N3S/c1-6-2-3-17-12-11(6)18-13(20)19(12)9-5-7(14)4-8(15)10(9)16/h2-5H,1H3,(H,18,20). The Morgan fingerprint density at radius 3 is 2.75 bits per heavy atom. The Labute approximate surface area is 116 Å². The molecule has 0 spiro atoms. The van der Waals surface area contributed by atoms with Crippen LogP contribution in [0.25, 0.3) is 16.9 Å². The fourth-order valence-corrected chi connectivity index (χ4v) is 2.34. The van der Waals surface area contributed by atoms with Crippen molar-refractivity contribution < 1.29 is 13.2 Å². The van der Waals surface area contributed by atoms with Crippen LogP contribution in [0.15, 0.2) is 24.4 Å². The lowest BCUT2D eigenvalue weighted by atomic mass is 10.2. The molecule has 2 aromatic heterocycles. The first kappa shape index (κ1) is 12.9. The van der Waals surface area contributed by atoms with Gasteiger partial charge in [0.2, 0.25) is 0 Å². The number of nitrogens with one attached hydrogen (secondary N) is 1. The molecule has 102 valence electrons. The minimum Gasteiger partial charge on any atom is -0.329 e. The highest BCUT2D eigenvalue weighted by molar-refractivity contribution is 7.71. The summed E-state index contributed by atoms with van der Waals surface area (Å²) in [5.74, 6) is -3.33. The molecule has 3 nitrogen and oxygen atoms in total. The quantitative estimate of drug-likeness (QED) is 0.547. The van der Waals surface area contributed by atoms with Crippen molar-refractivity contribution in [2.75, 3.05) is 0 Å². The van der Waals surface area contributed by atoms with Gasteiger partial charge in [0.15, 0.2) is 22.1 Å². The van der Waals surface area contributed by atoms with Crippen LogP contribution in [-0.4, -0.2) is 14.5 Å². The molecule has 0 amide bonds. The summed E-state index contributed by atoms with van der Waals surface area (Å²) >= 11 is 5.10. The molecule has 0 atom stereocenters. The van der Waals surface area contributed by atoms with Gasteiger partial charge in [-0.25, -0.2) is 18.2 Å². The number of fused-ring (bicyclic) bond motifs is 1. The highest BCUT2D eigenvalue weighted by Crippen LogP contribution is 2.24. The largest absolute Gasteiger partial charge is 0.329 e. The molecule has 0 saturated carbocycles. The van der Waals surface area contributed by atoms with Gasteiger partial charge in [-0.3, -0.25) is 4.57 Å². The molecule has 0 aliphatic rings. The molecule has 0 radical (unpaired) electrons. The third-order valence-corrected chi connectivity index (χ3v) is 3.29. The number of benzene rings is 1. The van der Waals surface area contributed by atoms with Crippen LogP contribution >= 0.6 is 12.2 Å². The first-order valence-corrected chi connectivity index (χ1v) is 6.11. The van der Waals surface area contributed by atoms with E-state index in [1.54, 1.807) is 6.07 Å². The number of pyridine rings is 1. The highest BCUT2D eigenvalue weighted by Gasteiger charge is 2.17. The van der Waals surface area contributed by atoms with Gasteiger partial charge in [-0.1, -0.05) is 0 Å². The summed E-state index contributed by atoms with van der Waals surface area (Å²) in [6, 6.07) is 3.11. The molecule has 0 unspecified atom stereocenters. The maximum atomic E-state index is 13.9. The van der Waals surface area contributed by atoms with E-state index in [2.05, 4.69) is 9.97 Å². The van der Waals surface area contributed by atoms with Gasteiger partial charge in [0.1, 0.15) is 5.82 Å². The lowest BCUT2D eigenvalue weighted by Crippen LogP contribution is -2.02. The van der Waals surface area contributed by atoms with Gasteiger partial charge in [0.25, 0.3) is 0 Å². The molecular weight excluding hydrogens is 287 g/mol. The van der Waals surface area contributed by atoms with E-state index in [9.17, 15) is 13.2 Å². The smallest absolute Gasteiger partial charge is 0.184 e. The molecule has 0 fully saturated rings. The zero-order valence-electron chi connectivity index (χ0n) is 10.2. The Morgan fingerprint density at radius 2 is 2.00 bits per heavy atom. The predicted molar refractivity (Wildman–Crippen MR) is 70.9 cm³/mol. The van der Waals surface area contributed by atoms with E-state index in [-0.39, 0.29) is 10.5 Å². The summed E-state index contributed by atoms with van der Waals surface area (Å²) in [5.41, 5.74) is 1.45. The van der Waals surface area contributed by atoms with E-state index in [4.69, 9.17) is 12.2 Å². The molecule has 2 heterocycles. The first-order chi connectivity index (χ1) is 9.49. The normalized spacial score (nSPS) is 11.2. The molecule has 7 heteroatoms. The van der Waals surface area contributed by atoms with Crippen LogP contribution < -0.4 is 0 Å². The molecule has 1 N–H and O–H groups in total. The van der Waals surface area contributed by atoms with Gasteiger partial charge in [0, 0.05) is 18.3 Å². The number of halogens is 3. The van der Waals surface area contributed by atoms with Gasteiger partial charge in [-0.2, -0.15) is 0 Å². The van der Waals surface area contributed by atoms with Crippen LogP contribution in [0.4, 0.5) is 13.2 Å². The van der Waals surface area contributed by atoms with Crippen LogP contribution in [0.3, 0.4) is 0 Å². The third-order valence-electron chi connectivity index (χ3n) is 3.00. The molecule has 20 heavy (non-hydrogen) atoms. The van der Waals surface area contributed by atoms with Crippen LogP contribution in [0.2, 0.25) is 0 Å². The van der Waals surface area contributed by atoms with Crippen molar-refractivity contribution in [3.8, 4) is 5.69 Å². The van der Waals surface area contributed by atoms with E-state index >= 15 is 0 Å². The van der Waals surface area contributed by atoms with Crippen molar-refractivity contribution in [1.29, 1.82) is 0 Å². The summed E-state index contributed by atoms with van der Waals surface area (Å²) < 4.78 is 41.9. The SMILES string of the molecule is Cc1ccnc2c1[nH]c(=S)n2-c1cc(F)cc(F)c1F. The van der Waals surface area contributed by atoms with E-state index in [0.717, 1.165) is 11.6 Å². The molecular formula is C13H8F3N3S. The van der Waals surface area contributed by atoms with Gasteiger partial charge < -0.3 is 4.98 Å². The van der Waals surface area contributed by atoms with Crippen molar-refractivity contribution in [1.82, 2.24) is 14.5 Å². The van der Waals surface area contributed by atoms with Gasteiger partial charge >= 0.3 is 0 Å². The zero-order chi connectivity index (χ0) is 14.4. The molecule has 0 saturated heterocycles. The van der Waals surface area contributed by atoms with Crippen LogP contribution in [0.5, 0.6) is 0 Å². The fraction of sp³-hybridized carbons (Fsp3) is 0.0769. The third kappa shape index (κ3) is 1.82. The number of aromatic amines is 1. The summed E-state index contributed by atoms with van der Waals surface area (Å²) in [4.78, 5) is 6.96. The lowest BCUT2D eigenvalue weighted by Gasteiger charge is -2.06. The summed E-state index contributed by atoms with van der Waals surface area (Å²) in [6.07, 6.45) is 1.52. The maximum Gasteiger partial charge on any atom is 0.184 e. The van der Waals surface area contributed by atoms with E-state index < -0.39 is 17.5 Å². The Kier molecular flexibility index (Phi) is 2.86. The van der Waals surface area contributed by atoms with E-state index in [1.165, 1.54) is 10.8 Å². The van der Waals surface area contributed by atoms with Gasteiger partial charge in [0.05, 0.1) is 11.2 Å². The molecule has 1 aromatic carbocycles. The van der Waals surface area contributed by atoms with Crippen molar-refractivity contribution >= 4 is 23.4 Å². The van der Waals surface area contributed by atoms with Gasteiger partial charge in [-0.05, 0) is 30.8 Å². The topological polar surface area (TPSA) is 33.6 Å². The van der Waals surface area contributed by atoms with Gasteiger partial charge in [-0.15, -0.1) is 0 Å². The Morgan fingerprint density at radius 1 is 1.25 bits per heavy atom. The molecule has 3 rings (SSSR count). The number of hydrogen-bond donors (Lipinski definition) is 1. The Bertz CT molecular complexity index is 882. The summed E-state index contributed by atoms with van der Waals surface area (Å²) in [6.45, 7) is 1.82. The summed E-state index contributed by atoms with van der Waals surface area (Å²) in [5, 5.41) is 0. The maximum absolute atomic E-state index is 13.9. The monoisotopic (exact) mass is 295 g/mol. The number of hydrogen-bond acceptors (Lipinski definition) is 2. The minimum absolute atomic E-state index is 0.116. The number of H-pyrrole nitrogens is 1. The number of imidazole rings is 1. The lowest BCUT2D eigenvalue weighted by molar-refractivity contribution is 0.491. The average Bonchev–Trinajstić information content (AvgIpc) is 2.72. The Balaban J connectivity index is 2.45. The minimum atomic E-state index is -1.27. The van der Waals surface area contributed by atoms with Crippen LogP contribution in [0.1, 0.15) is 5.56 Å². The van der Waals surface area contributed by atoms with Crippen molar-refractivity contribution in [3.63, 3.8) is 0 Å². The molecule has 0 aliphatic heterocycles.